The third-order valence-electron chi connectivity index (χ3n) is 7.26. The van der Waals surface area contributed by atoms with Gasteiger partial charge in [0.2, 0.25) is 0 Å². The molecule has 2 aromatic heterocycles. The molecule has 2 N–H and O–H groups in total. The molecule has 4 atom stereocenters. The Balaban J connectivity index is 1.43. The maximum Gasteiger partial charge on any atom is 0.194 e. The lowest BCUT2D eigenvalue weighted by Crippen LogP contribution is -2.66. The Morgan fingerprint density at radius 3 is 2.47 bits per heavy atom. The third-order valence-corrected chi connectivity index (χ3v) is 8.75. The molecule has 1 aromatic carbocycles. The molecule has 2 aliphatic heterocycles. The monoisotopic (exact) mass is 640 g/mol. The Morgan fingerprint density at radius 2 is 1.91 bits per heavy atom. The molecular formula is C27H28ClF3N6O5S. The van der Waals surface area contributed by atoms with Crippen LogP contribution >= 0.6 is 23.4 Å². The molecule has 0 aliphatic carbocycles. The predicted molar refractivity (Wildman–Crippen MR) is 149 cm³/mol. The second-order valence-electron chi connectivity index (χ2n) is 10.5. The minimum atomic E-state index is -1.59. The summed E-state index contributed by atoms with van der Waals surface area (Å²) in [6, 6.07) is 5.25. The lowest BCUT2D eigenvalue weighted by Gasteiger charge is -2.55. The number of benzene rings is 1. The number of nitrogens with zero attached hydrogens (tertiary/aromatic N) is 6. The average molecular weight is 641 g/mol. The second kappa shape index (κ2) is 12.9. The molecule has 16 heteroatoms. The Hall–Kier alpha value is -2.97. The zero-order chi connectivity index (χ0) is 30.9. The summed E-state index contributed by atoms with van der Waals surface area (Å²) in [6.45, 7) is 3.64. The SMILES string of the molecule is CO[C@@H](Cn1cc(-c2cc(F)c(F)c(F)c2)nn1)C(OC(CO)[C@@H](C)O)Sc1cc(Cl)c(C#N)nc1N1CC2(COC2)C1. The smallest absolute Gasteiger partial charge is 0.194 e. The number of aliphatic hydroxyl groups excluding tert-OH is 2. The minimum absolute atomic E-state index is 0.0136. The fraction of sp³-hybridized carbons (Fsp3) is 0.481. The molecular weight excluding hydrogens is 613 g/mol. The van der Waals surface area contributed by atoms with Gasteiger partial charge in [-0.1, -0.05) is 28.6 Å². The second-order valence-corrected chi connectivity index (χ2v) is 12.1. The molecule has 0 bridgehead atoms. The summed E-state index contributed by atoms with van der Waals surface area (Å²) in [5.74, 6) is -3.79. The van der Waals surface area contributed by atoms with Gasteiger partial charge in [-0.05, 0) is 25.1 Å². The lowest BCUT2D eigenvalue weighted by molar-refractivity contribution is -0.127. The highest BCUT2D eigenvalue weighted by atomic mass is 35.5. The van der Waals surface area contributed by atoms with Gasteiger partial charge in [-0.3, -0.25) is 0 Å². The molecule has 0 saturated carbocycles. The van der Waals surface area contributed by atoms with Crippen LogP contribution in [0, 0.1) is 34.2 Å². The number of hydrogen-bond acceptors (Lipinski definition) is 11. The van der Waals surface area contributed by atoms with Gasteiger partial charge in [0.05, 0.1) is 54.0 Å². The van der Waals surface area contributed by atoms with E-state index in [0.717, 1.165) is 12.1 Å². The van der Waals surface area contributed by atoms with Gasteiger partial charge < -0.3 is 29.3 Å². The van der Waals surface area contributed by atoms with Crippen LogP contribution in [-0.4, -0.2) is 94.0 Å². The van der Waals surface area contributed by atoms with Gasteiger partial charge in [0, 0.05) is 25.8 Å². The number of aliphatic hydroxyl groups is 2. The number of hydrogen-bond donors (Lipinski definition) is 2. The van der Waals surface area contributed by atoms with E-state index in [0.29, 0.717) is 37.0 Å². The van der Waals surface area contributed by atoms with E-state index in [2.05, 4.69) is 15.3 Å². The van der Waals surface area contributed by atoms with E-state index in [1.54, 1.807) is 6.07 Å². The first-order chi connectivity index (χ1) is 20.6. The Bertz CT molecular complexity index is 1490. The predicted octanol–water partition coefficient (Wildman–Crippen LogP) is 3.01. The van der Waals surface area contributed by atoms with Crippen LogP contribution in [0.3, 0.4) is 0 Å². The van der Waals surface area contributed by atoms with E-state index in [9.17, 15) is 28.6 Å². The third kappa shape index (κ3) is 6.60. The number of aromatic nitrogens is 4. The molecule has 2 saturated heterocycles. The van der Waals surface area contributed by atoms with Crippen LogP contribution in [0.25, 0.3) is 11.3 Å². The van der Waals surface area contributed by atoms with Gasteiger partial charge in [0.1, 0.15) is 35.2 Å². The van der Waals surface area contributed by atoms with E-state index in [-0.39, 0.29) is 33.9 Å². The minimum Gasteiger partial charge on any atom is -0.394 e. The molecule has 3 aromatic rings. The molecule has 5 rings (SSSR count). The number of pyridine rings is 1. The molecule has 2 unspecified atom stereocenters. The van der Waals surface area contributed by atoms with Crippen molar-refractivity contribution >= 4 is 29.2 Å². The first-order valence-corrected chi connectivity index (χ1v) is 14.4. The van der Waals surface area contributed by atoms with Crippen molar-refractivity contribution in [2.75, 3.05) is 44.9 Å². The summed E-state index contributed by atoms with van der Waals surface area (Å²) in [5.41, 5.74) is -0.700. The number of methoxy groups -OCH3 is 1. The van der Waals surface area contributed by atoms with Crippen molar-refractivity contribution in [1.82, 2.24) is 20.0 Å². The number of anilines is 1. The van der Waals surface area contributed by atoms with Crippen LogP contribution in [-0.2, 0) is 20.8 Å². The van der Waals surface area contributed by atoms with Gasteiger partial charge in [0.15, 0.2) is 23.1 Å². The number of nitriles is 1. The fourth-order valence-corrected chi connectivity index (χ4v) is 6.34. The summed E-state index contributed by atoms with van der Waals surface area (Å²) in [7, 11) is 1.43. The van der Waals surface area contributed by atoms with Crippen molar-refractivity contribution in [3.63, 3.8) is 0 Å². The maximum absolute atomic E-state index is 13.8. The first kappa shape index (κ1) is 31.5. The van der Waals surface area contributed by atoms with Gasteiger partial charge in [0.25, 0.3) is 0 Å². The highest BCUT2D eigenvalue weighted by molar-refractivity contribution is 8.00. The summed E-state index contributed by atoms with van der Waals surface area (Å²) >= 11 is 7.55. The molecule has 0 radical (unpaired) electrons. The summed E-state index contributed by atoms with van der Waals surface area (Å²) in [6.07, 6.45) is -1.41. The highest BCUT2D eigenvalue weighted by Gasteiger charge is 2.50. The largest absolute Gasteiger partial charge is 0.394 e. The quantitative estimate of drug-likeness (QED) is 0.172. The molecule has 0 amide bonds. The van der Waals surface area contributed by atoms with Crippen molar-refractivity contribution < 1.29 is 37.6 Å². The Morgan fingerprint density at radius 1 is 1.21 bits per heavy atom. The zero-order valence-corrected chi connectivity index (χ0v) is 24.7. The average Bonchev–Trinajstić information content (AvgIpc) is 3.40. The first-order valence-electron chi connectivity index (χ1n) is 13.2. The lowest BCUT2D eigenvalue weighted by atomic mass is 9.78. The summed E-state index contributed by atoms with van der Waals surface area (Å²) in [4.78, 5) is 7.10. The molecule has 11 nitrogen and oxygen atoms in total. The molecule has 230 valence electrons. The number of rotatable bonds is 12. The van der Waals surface area contributed by atoms with Gasteiger partial charge in [-0.15, -0.1) is 5.10 Å². The van der Waals surface area contributed by atoms with E-state index in [1.807, 2.05) is 11.0 Å². The van der Waals surface area contributed by atoms with Gasteiger partial charge >= 0.3 is 0 Å². The molecule has 4 heterocycles. The summed E-state index contributed by atoms with van der Waals surface area (Å²) in [5, 5.41) is 37.8. The fourth-order valence-electron chi connectivity index (χ4n) is 4.82. The highest BCUT2D eigenvalue weighted by Crippen LogP contribution is 2.44. The molecule has 1 spiro atoms. The number of ether oxygens (including phenoxy) is 3. The van der Waals surface area contributed by atoms with Crippen LogP contribution in [0.15, 0.2) is 29.3 Å². The topological polar surface area (TPSA) is 139 Å². The maximum atomic E-state index is 13.8. The van der Waals surface area contributed by atoms with E-state index in [4.69, 9.17) is 25.8 Å². The molecule has 2 aliphatic rings. The van der Waals surface area contributed by atoms with Crippen LogP contribution in [0.1, 0.15) is 12.6 Å². The van der Waals surface area contributed by atoms with Crippen molar-refractivity contribution in [2.24, 2.45) is 5.41 Å². The Kier molecular flexibility index (Phi) is 9.47. The van der Waals surface area contributed by atoms with Crippen molar-refractivity contribution in [3.8, 4) is 17.3 Å². The standard InChI is InChI=1S/C27H28ClF3N6O5S/c1-14(39)22(9-38)42-26(21(40-2)8-37-7-20(34-35-37)15-3-17(29)24(31)18(30)4-15)43-23-5-16(28)19(6-32)33-25(23)36-10-27(11-36)12-41-13-27/h3-5,7,14,21-22,26,38-39H,8-13H2,1-2H3/t14-,21+,22?,26?/m1/s1. The van der Waals surface area contributed by atoms with Crippen molar-refractivity contribution in [3.05, 3.63) is 52.6 Å². The van der Waals surface area contributed by atoms with Crippen molar-refractivity contribution in [1.29, 1.82) is 5.26 Å². The van der Waals surface area contributed by atoms with E-state index < -0.39 is 47.8 Å². The molecule has 43 heavy (non-hydrogen) atoms. The van der Waals surface area contributed by atoms with Gasteiger partial charge in [-0.2, -0.15) is 5.26 Å². The number of halogens is 4. The van der Waals surface area contributed by atoms with Crippen molar-refractivity contribution in [2.45, 2.75) is 42.1 Å². The van der Waals surface area contributed by atoms with E-state index in [1.165, 1.54) is 36.7 Å². The van der Waals surface area contributed by atoms with Crippen LogP contribution < -0.4 is 4.90 Å². The van der Waals surface area contributed by atoms with Crippen LogP contribution in [0.5, 0.6) is 0 Å². The summed E-state index contributed by atoms with van der Waals surface area (Å²) < 4.78 is 59.7. The zero-order valence-electron chi connectivity index (χ0n) is 23.1. The van der Waals surface area contributed by atoms with Gasteiger partial charge in [-0.25, -0.2) is 22.8 Å². The van der Waals surface area contributed by atoms with Crippen LogP contribution in [0.4, 0.5) is 19.0 Å². The van der Waals surface area contributed by atoms with E-state index >= 15 is 0 Å². The number of thioether (sulfide) groups is 1. The van der Waals surface area contributed by atoms with Crippen LogP contribution in [0.2, 0.25) is 5.02 Å². The Labute approximate surface area is 254 Å². The normalized spacial score (nSPS) is 18.4. The molecule has 2 fully saturated rings.